The maximum Gasteiger partial charge on any atom is -0.00132 e. The molecule has 0 N–H and O–H groups in total. The Morgan fingerprint density at radius 3 is 0.650 bits per heavy atom. The van der Waals surface area contributed by atoms with Gasteiger partial charge in [-0.2, -0.15) is 0 Å². The molecule has 123 heavy (non-hydrogen) atoms. The van der Waals surface area contributed by atoms with Gasteiger partial charge in [-0.05, 0) is 311 Å². The van der Waals surface area contributed by atoms with Crippen LogP contribution in [-0.2, 0) is 19.3 Å². The number of aryl methyl sites for hydroxylation is 6. The van der Waals surface area contributed by atoms with Crippen LogP contribution >= 0.6 is 0 Å². The summed E-state index contributed by atoms with van der Waals surface area (Å²) in [4.78, 5) is 0. The SMILES string of the molecule is Cc1cc(C)cc(-c2c3ccccc3c(-c3cc(C)cc(C)c3)c3cc(-c4cccc5c4-c4ccccc4C5)ccc23)c1.Cc1ccc(-c2c3ccccc3c(-c3ccc(C)cc3)c3cc(-c4cccc5c4-c4ccccc4C5)ccc23)cc1.c1ccc(-c2c3ccccc3c(-c3ccccc3)c3cc(-c4cccc5c4-c4ccccc4C5)ccc23)cc1. The molecule has 0 amide bonds. The average Bonchev–Trinajstić information content (AvgIpc) is 1.14. The number of benzene rings is 21. The first kappa shape index (κ1) is 74.5. The lowest BCUT2D eigenvalue weighted by molar-refractivity contribution is 1.26. The van der Waals surface area contributed by atoms with E-state index in [9.17, 15) is 0 Å². The fourth-order valence-electron chi connectivity index (χ4n) is 21.1. The molecule has 3 aliphatic rings. The number of hydrogen-bond acceptors (Lipinski definition) is 0. The Morgan fingerprint density at radius 1 is 0.122 bits per heavy atom. The van der Waals surface area contributed by atoms with E-state index in [1.807, 2.05) is 0 Å². The summed E-state index contributed by atoms with van der Waals surface area (Å²) in [5.74, 6) is 0. The second-order valence-corrected chi connectivity index (χ2v) is 34.4. The van der Waals surface area contributed by atoms with E-state index in [0.29, 0.717) is 0 Å². The Bertz CT molecular complexity index is 7810. The summed E-state index contributed by atoms with van der Waals surface area (Å²) in [5, 5.41) is 15.5. The van der Waals surface area contributed by atoms with E-state index in [1.165, 1.54) is 265 Å². The molecule has 3 aliphatic carbocycles. The van der Waals surface area contributed by atoms with Crippen molar-refractivity contribution in [2.75, 3.05) is 0 Å². The van der Waals surface area contributed by atoms with E-state index in [1.54, 1.807) is 0 Å². The highest BCUT2D eigenvalue weighted by Crippen LogP contribution is 2.53. The Kier molecular flexibility index (Phi) is 18.6. The first-order chi connectivity index (χ1) is 60.5. The lowest BCUT2D eigenvalue weighted by Gasteiger charge is -2.20. The third-order valence-electron chi connectivity index (χ3n) is 26.3. The van der Waals surface area contributed by atoms with Gasteiger partial charge in [-0.25, -0.2) is 0 Å². The van der Waals surface area contributed by atoms with Gasteiger partial charge in [-0.15, -0.1) is 0 Å². The molecular weight excluding hydrogens is 1480 g/mol. The highest BCUT2D eigenvalue weighted by atomic mass is 14.3. The zero-order chi connectivity index (χ0) is 82.5. The predicted molar refractivity (Wildman–Crippen MR) is 526 cm³/mol. The maximum absolute atomic E-state index is 2.47. The summed E-state index contributed by atoms with van der Waals surface area (Å²) in [6.45, 7) is 13.1. The van der Waals surface area contributed by atoms with Crippen molar-refractivity contribution in [2.24, 2.45) is 0 Å². The van der Waals surface area contributed by atoms with Crippen LogP contribution < -0.4 is 0 Å². The minimum absolute atomic E-state index is 1.00. The summed E-state index contributed by atoms with van der Waals surface area (Å²) >= 11 is 0. The molecule has 24 rings (SSSR count). The lowest BCUT2D eigenvalue weighted by atomic mass is 9.83. The second-order valence-electron chi connectivity index (χ2n) is 34.4. The van der Waals surface area contributed by atoms with Crippen LogP contribution in [0.5, 0.6) is 0 Å². The van der Waals surface area contributed by atoms with E-state index in [0.717, 1.165) is 19.3 Å². The van der Waals surface area contributed by atoms with Crippen molar-refractivity contribution in [2.45, 2.75) is 60.8 Å². The molecule has 0 spiro atoms. The van der Waals surface area contributed by atoms with Crippen molar-refractivity contribution < 1.29 is 0 Å². The van der Waals surface area contributed by atoms with E-state index < -0.39 is 0 Å². The van der Waals surface area contributed by atoms with Crippen molar-refractivity contribution >= 4 is 64.6 Å². The van der Waals surface area contributed by atoms with Crippen LogP contribution in [-0.4, -0.2) is 0 Å². The molecule has 0 aromatic heterocycles. The Hall–Kier alpha value is -14.8. The van der Waals surface area contributed by atoms with Crippen molar-refractivity contribution in [3.05, 3.63) is 467 Å². The van der Waals surface area contributed by atoms with Gasteiger partial charge in [-0.1, -0.05) is 416 Å². The quantitative estimate of drug-likeness (QED) is 0.126. The molecule has 0 bridgehead atoms. The van der Waals surface area contributed by atoms with E-state index in [2.05, 4.69) is 442 Å². The van der Waals surface area contributed by atoms with E-state index >= 15 is 0 Å². The normalized spacial score (nSPS) is 12.0. The highest BCUT2D eigenvalue weighted by molar-refractivity contribution is 6.25. The number of hydrogen-bond donors (Lipinski definition) is 0. The standard InChI is InChI=1S/C43H34.C41H30.C39H26/c1-26-18-27(2)21-33(20-26)42-37-13-7-8-14-38(37)43(34-22-28(3)19-29(4)23-34)40-25-31(16-17-39(40)42)36-15-9-11-32-24-30-10-5-6-12-35(30)41(32)36;1-26-14-18-28(19-15-26)39-35-11-5-6-12-36(35)40(29-20-16-27(2)17-21-29)38-25-31(22-23-37(38)39)34-13-7-9-32-24-30-8-3-4-10-33(30)41(32)34;1-3-12-26(13-4-1)37-33-19-9-10-20-34(33)38(27-14-5-2-6-15-27)36-25-29(22-23-35(36)37)32-21-11-17-30-24-28-16-7-8-18-31(28)39(30)32/h5-23,25H,24H2,1-4H3;3-23,25H,24H2,1-2H3;1-23,25H,24H2. The van der Waals surface area contributed by atoms with Crippen LogP contribution in [0.1, 0.15) is 66.8 Å². The van der Waals surface area contributed by atoms with Crippen molar-refractivity contribution in [3.63, 3.8) is 0 Å². The molecule has 0 saturated heterocycles. The fraction of sp³-hybridized carbons (Fsp3) is 0.0732. The Labute approximate surface area is 721 Å². The van der Waals surface area contributed by atoms with E-state index in [-0.39, 0.29) is 0 Å². The molecule has 0 atom stereocenters. The molecular formula is C123H90. The molecule has 21 aromatic rings. The van der Waals surface area contributed by atoms with Gasteiger partial charge in [0.15, 0.2) is 0 Å². The first-order valence-electron chi connectivity index (χ1n) is 43.5. The Morgan fingerprint density at radius 2 is 0.341 bits per heavy atom. The number of fused-ring (bicyclic) bond motifs is 15. The van der Waals surface area contributed by atoms with Crippen LogP contribution in [0.3, 0.4) is 0 Å². The monoisotopic (exact) mass is 1570 g/mol. The van der Waals surface area contributed by atoms with Crippen molar-refractivity contribution in [1.29, 1.82) is 0 Å². The van der Waals surface area contributed by atoms with Gasteiger partial charge >= 0.3 is 0 Å². The lowest BCUT2D eigenvalue weighted by Crippen LogP contribution is -1.94. The smallest absolute Gasteiger partial charge is 0.00132 e. The molecule has 0 aliphatic heterocycles. The van der Waals surface area contributed by atoms with Crippen LogP contribution in [0.25, 0.3) is 198 Å². The molecule has 0 heterocycles. The van der Waals surface area contributed by atoms with E-state index in [4.69, 9.17) is 0 Å². The topological polar surface area (TPSA) is 0 Å². The van der Waals surface area contributed by atoms with Gasteiger partial charge in [0.05, 0.1) is 0 Å². The van der Waals surface area contributed by atoms with Gasteiger partial charge in [-0.3, -0.25) is 0 Å². The zero-order valence-electron chi connectivity index (χ0n) is 70.2. The van der Waals surface area contributed by atoms with Crippen LogP contribution in [0.4, 0.5) is 0 Å². The Balaban J connectivity index is 0.000000110. The maximum atomic E-state index is 2.47. The summed E-state index contributed by atoms with van der Waals surface area (Å²) in [5.41, 5.74) is 47.7. The van der Waals surface area contributed by atoms with Gasteiger partial charge in [0, 0.05) is 0 Å². The summed E-state index contributed by atoms with van der Waals surface area (Å²) in [6.07, 6.45) is 3.01. The van der Waals surface area contributed by atoms with Gasteiger partial charge in [0.1, 0.15) is 0 Å². The summed E-state index contributed by atoms with van der Waals surface area (Å²) < 4.78 is 0. The van der Waals surface area contributed by atoms with Crippen molar-refractivity contribution in [3.8, 4) is 134 Å². The van der Waals surface area contributed by atoms with Gasteiger partial charge < -0.3 is 0 Å². The molecule has 0 radical (unpaired) electrons. The molecule has 0 nitrogen and oxygen atoms in total. The third-order valence-corrected chi connectivity index (χ3v) is 26.3. The molecule has 582 valence electrons. The minimum Gasteiger partial charge on any atom is -0.0622 e. The summed E-state index contributed by atoms with van der Waals surface area (Å²) in [6, 6.07) is 149. The van der Waals surface area contributed by atoms with Gasteiger partial charge in [0.2, 0.25) is 0 Å². The van der Waals surface area contributed by atoms with Gasteiger partial charge in [0.25, 0.3) is 0 Å². The first-order valence-corrected chi connectivity index (χ1v) is 43.5. The third kappa shape index (κ3) is 13.2. The average molecular weight is 1570 g/mol. The molecule has 0 fully saturated rings. The van der Waals surface area contributed by atoms with Crippen LogP contribution in [0, 0.1) is 41.5 Å². The minimum atomic E-state index is 1.00. The number of rotatable bonds is 9. The largest absolute Gasteiger partial charge is 0.0622 e. The molecule has 21 aromatic carbocycles. The molecule has 0 saturated carbocycles. The second kappa shape index (κ2) is 30.8. The summed E-state index contributed by atoms with van der Waals surface area (Å²) in [7, 11) is 0. The van der Waals surface area contributed by atoms with Crippen LogP contribution in [0.15, 0.2) is 400 Å². The highest BCUT2D eigenvalue weighted by Gasteiger charge is 2.29. The molecule has 0 unspecified atom stereocenters. The van der Waals surface area contributed by atoms with Crippen LogP contribution in [0.2, 0.25) is 0 Å². The fourth-order valence-corrected chi connectivity index (χ4v) is 21.1. The predicted octanol–water partition coefficient (Wildman–Crippen LogP) is 33.5. The zero-order valence-corrected chi connectivity index (χ0v) is 70.2. The molecule has 0 heteroatoms. The van der Waals surface area contributed by atoms with Crippen molar-refractivity contribution in [1.82, 2.24) is 0 Å².